The fraction of sp³-hybridized carbons (Fsp3) is 0.257. The van der Waals surface area contributed by atoms with Gasteiger partial charge in [-0.1, -0.05) is 72.8 Å². The number of hydrogen-bond acceptors (Lipinski definition) is 6. The number of aromatic hydroxyl groups is 1. The van der Waals surface area contributed by atoms with Gasteiger partial charge in [0.25, 0.3) is 11.8 Å². The van der Waals surface area contributed by atoms with Crippen molar-refractivity contribution in [3.05, 3.63) is 131 Å². The van der Waals surface area contributed by atoms with E-state index in [1.54, 1.807) is 18.2 Å². The molecule has 4 aromatic carbocycles. The zero-order valence-electron chi connectivity index (χ0n) is 25.7. The molecule has 0 unspecified atom stereocenters. The van der Waals surface area contributed by atoms with E-state index in [1.807, 2.05) is 73.7 Å². The molecule has 2 atom stereocenters. The molecule has 10 heteroatoms. The quantitative estimate of drug-likeness (QED) is 0.149. The lowest BCUT2D eigenvalue weighted by molar-refractivity contribution is 0.0934. The summed E-state index contributed by atoms with van der Waals surface area (Å²) in [5.41, 5.74) is 3.45. The number of phenols is 1. The molecule has 4 rings (SSSR count). The molecule has 236 valence electrons. The van der Waals surface area contributed by atoms with E-state index in [2.05, 4.69) is 16.0 Å². The Morgan fingerprint density at radius 2 is 1.40 bits per heavy atom. The molecular formula is C35H40N4O5S. The molecule has 0 aliphatic rings. The molecule has 0 saturated carbocycles. The number of nitrogens with zero attached hydrogens (tertiary/aromatic N) is 1. The Bertz CT molecular complexity index is 1700. The maximum Gasteiger partial charge on any atom is 0.251 e. The van der Waals surface area contributed by atoms with Gasteiger partial charge in [-0.05, 0) is 73.3 Å². The molecule has 0 spiro atoms. The Kier molecular flexibility index (Phi) is 11.3. The van der Waals surface area contributed by atoms with Crippen LogP contribution >= 0.6 is 0 Å². The molecule has 4 aromatic rings. The number of benzene rings is 4. The van der Waals surface area contributed by atoms with Gasteiger partial charge in [-0.2, -0.15) is 0 Å². The van der Waals surface area contributed by atoms with Gasteiger partial charge in [0.05, 0.1) is 18.0 Å². The third-order valence-electron chi connectivity index (χ3n) is 7.52. The van der Waals surface area contributed by atoms with Gasteiger partial charge in [-0.15, -0.1) is 0 Å². The molecule has 4 N–H and O–H groups in total. The number of amides is 2. The van der Waals surface area contributed by atoms with Gasteiger partial charge in [0.15, 0.2) is 0 Å². The fourth-order valence-electron chi connectivity index (χ4n) is 4.92. The third-order valence-corrected chi connectivity index (χ3v) is 8.73. The van der Waals surface area contributed by atoms with Crippen molar-refractivity contribution in [2.45, 2.75) is 38.4 Å². The lowest BCUT2D eigenvalue weighted by Gasteiger charge is -2.22. The van der Waals surface area contributed by atoms with Crippen LogP contribution < -0.4 is 20.3 Å². The predicted molar refractivity (Wildman–Crippen MR) is 178 cm³/mol. The summed E-state index contributed by atoms with van der Waals surface area (Å²) in [5.74, 6) is -0.645. The topological polar surface area (TPSA) is 128 Å². The maximum absolute atomic E-state index is 13.7. The molecular weight excluding hydrogens is 588 g/mol. The summed E-state index contributed by atoms with van der Waals surface area (Å²) in [6.07, 6.45) is 2.24. The minimum absolute atomic E-state index is 0.170. The van der Waals surface area contributed by atoms with Crippen LogP contribution in [0, 0.1) is 0 Å². The zero-order chi connectivity index (χ0) is 32.4. The molecule has 0 saturated heterocycles. The molecule has 0 bridgehead atoms. The fourth-order valence-corrected chi connectivity index (χ4v) is 5.41. The Labute approximate surface area is 265 Å². The van der Waals surface area contributed by atoms with Crippen LogP contribution in [0.25, 0.3) is 0 Å². The number of carbonyl (C=O) groups excluding carboxylic acids is 2. The molecule has 0 aliphatic carbocycles. The average molecular weight is 629 g/mol. The van der Waals surface area contributed by atoms with E-state index in [0.29, 0.717) is 25.9 Å². The number of phenolic OH excluding ortho intramolecular Hbond substituents is 1. The van der Waals surface area contributed by atoms with Crippen LogP contribution in [0.15, 0.2) is 103 Å². The third kappa shape index (κ3) is 9.92. The van der Waals surface area contributed by atoms with Crippen molar-refractivity contribution >= 4 is 27.5 Å². The van der Waals surface area contributed by atoms with Crippen molar-refractivity contribution in [2.24, 2.45) is 0 Å². The van der Waals surface area contributed by atoms with Crippen LogP contribution in [-0.2, 0) is 23.0 Å². The van der Waals surface area contributed by atoms with Crippen molar-refractivity contribution in [1.82, 2.24) is 16.0 Å². The highest BCUT2D eigenvalue weighted by molar-refractivity contribution is 7.92. The average Bonchev–Trinajstić information content (AvgIpc) is 3.03. The number of nitrogens with one attached hydrogen (secondary N) is 3. The highest BCUT2D eigenvalue weighted by atomic mass is 32.2. The summed E-state index contributed by atoms with van der Waals surface area (Å²) in [6.45, 7) is 3.01. The summed E-state index contributed by atoms with van der Waals surface area (Å²) in [7, 11) is -2.28. The highest BCUT2D eigenvalue weighted by Gasteiger charge is 2.21. The van der Waals surface area contributed by atoms with Crippen LogP contribution in [0.5, 0.6) is 5.75 Å². The van der Waals surface area contributed by atoms with E-state index >= 15 is 0 Å². The summed E-state index contributed by atoms with van der Waals surface area (Å²) < 4.78 is 25.9. The van der Waals surface area contributed by atoms with Gasteiger partial charge in [0, 0.05) is 30.8 Å². The van der Waals surface area contributed by atoms with Gasteiger partial charge >= 0.3 is 0 Å². The zero-order valence-corrected chi connectivity index (χ0v) is 26.6. The van der Waals surface area contributed by atoms with E-state index in [1.165, 1.54) is 25.2 Å². The molecule has 0 heterocycles. The highest BCUT2D eigenvalue weighted by Crippen LogP contribution is 2.22. The van der Waals surface area contributed by atoms with Crippen LogP contribution in [0.4, 0.5) is 5.69 Å². The smallest absolute Gasteiger partial charge is 0.251 e. The first-order valence-corrected chi connectivity index (χ1v) is 16.6. The first kappa shape index (κ1) is 33.2. The number of hydrogen-bond donors (Lipinski definition) is 4. The maximum atomic E-state index is 13.7. The van der Waals surface area contributed by atoms with Gasteiger partial charge in [-0.25, -0.2) is 8.42 Å². The van der Waals surface area contributed by atoms with Crippen LogP contribution in [0.1, 0.15) is 56.8 Å². The monoisotopic (exact) mass is 628 g/mol. The van der Waals surface area contributed by atoms with E-state index in [-0.39, 0.29) is 34.6 Å². The van der Waals surface area contributed by atoms with E-state index in [0.717, 1.165) is 27.3 Å². The number of carbonyl (C=O) groups is 2. The summed E-state index contributed by atoms with van der Waals surface area (Å²) >= 11 is 0. The summed E-state index contributed by atoms with van der Waals surface area (Å²) in [5, 5.41) is 19.2. The number of rotatable bonds is 14. The van der Waals surface area contributed by atoms with Gasteiger partial charge in [-0.3, -0.25) is 13.9 Å². The van der Waals surface area contributed by atoms with Crippen molar-refractivity contribution in [1.29, 1.82) is 0 Å². The largest absolute Gasteiger partial charge is 0.508 e. The first-order valence-electron chi connectivity index (χ1n) is 14.8. The Hall–Kier alpha value is -4.67. The standard InChI is InChI=1S/C35H40N4O5S/c1-25(28-14-8-5-9-15-28)37-34(41)29-21-30(23-32(22-29)39(2)45(3,43)44)35(42)38-31(19-26-11-6-4-7-12-26)17-18-36-24-27-13-10-16-33(40)20-27/h4-16,20-23,25,31,36,40H,17-19,24H2,1-3H3,(H,37,41)(H,38,42)/t25-,31-/m1/s1. The Morgan fingerprint density at radius 3 is 2.02 bits per heavy atom. The van der Waals surface area contributed by atoms with E-state index < -0.39 is 21.8 Å². The number of sulfonamides is 1. The van der Waals surface area contributed by atoms with E-state index in [9.17, 15) is 23.1 Å². The normalized spacial score (nSPS) is 12.6. The van der Waals surface area contributed by atoms with Crippen LogP contribution in [0.2, 0.25) is 0 Å². The molecule has 2 amide bonds. The molecule has 45 heavy (non-hydrogen) atoms. The molecule has 0 fully saturated rings. The van der Waals surface area contributed by atoms with Crippen molar-refractivity contribution in [3.8, 4) is 5.75 Å². The molecule has 0 aromatic heterocycles. The SMILES string of the molecule is C[C@@H](NC(=O)c1cc(C(=O)N[C@H](CCNCc2cccc(O)c2)Cc2ccccc2)cc(N(C)S(C)(=O)=O)c1)c1ccccc1. The second kappa shape index (κ2) is 15.4. The Morgan fingerprint density at radius 1 is 0.800 bits per heavy atom. The summed E-state index contributed by atoms with van der Waals surface area (Å²) in [6, 6.07) is 30.2. The second-order valence-electron chi connectivity index (χ2n) is 11.1. The minimum Gasteiger partial charge on any atom is -0.508 e. The van der Waals surface area contributed by atoms with Crippen LogP contribution in [0.3, 0.4) is 0 Å². The molecule has 0 aliphatic heterocycles. The Balaban J connectivity index is 1.55. The number of anilines is 1. The lowest BCUT2D eigenvalue weighted by atomic mass is 10.0. The van der Waals surface area contributed by atoms with Gasteiger partial charge in [0.1, 0.15) is 5.75 Å². The van der Waals surface area contributed by atoms with Crippen molar-refractivity contribution in [2.75, 3.05) is 24.2 Å². The first-order chi connectivity index (χ1) is 21.5. The summed E-state index contributed by atoms with van der Waals surface area (Å²) in [4.78, 5) is 27.1. The molecule has 9 nitrogen and oxygen atoms in total. The van der Waals surface area contributed by atoms with Gasteiger partial charge < -0.3 is 21.1 Å². The molecule has 0 radical (unpaired) electrons. The van der Waals surface area contributed by atoms with E-state index in [4.69, 9.17) is 0 Å². The van der Waals surface area contributed by atoms with Gasteiger partial charge in [0.2, 0.25) is 10.0 Å². The minimum atomic E-state index is -3.67. The van der Waals surface area contributed by atoms with Crippen molar-refractivity contribution in [3.63, 3.8) is 0 Å². The predicted octanol–water partition coefficient (Wildman–Crippen LogP) is 4.80. The second-order valence-corrected chi connectivity index (χ2v) is 13.1. The lowest BCUT2D eigenvalue weighted by Crippen LogP contribution is -2.39. The van der Waals surface area contributed by atoms with Crippen LogP contribution in [-0.4, -0.2) is 51.2 Å². The van der Waals surface area contributed by atoms with Crippen molar-refractivity contribution < 1.29 is 23.1 Å².